The third-order valence-electron chi connectivity index (χ3n) is 3.22. The van der Waals surface area contributed by atoms with Crippen LogP contribution in [0.5, 0.6) is 5.75 Å². The highest BCUT2D eigenvalue weighted by Crippen LogP contribution is 2.11. The van der Waals surface area contributed by atoms with Gasteiger partial charge in [-0.25, -0.2) is 0 Å². The van der Waals surface area contributed by atoms with Crippen LogP contribution in [0.1, 0.15) is 38.5 Å². The zero-order valence-corrected chi connectivity index (χ0v) is 12.4. The average Bonchev–Trinajstić information content (AvgIpc) is 2.53. The zero-order valence-electron chi connectivity index (χ0n) is 12.4. The lowest BCUT2D eigenvalue weighted by Crippen LogP contribution is -2.18. The van der Waals surface area contributed by atoms with E-state index in [1.165, 1.54) is 0 Å². The molecule has 0 heterocycles. The summed E-state index contributed by atoms with van der Waals surface area (Å²) in [6.45, 7) is 3.93. The summed E-state index contributed by atoms with van der Waals surface area (Å²) < 4.78 is 5.48. The Morgan fingerprint density at radius 2 is 2.00 bits per heavy atom. The predicted octanol–water partition coefficient (Wildman–Crippen LogP) is 3.78. The van der Waals surface area contributed by atoms with Crippen LogP contribution in [0, 0.1) is 0 Å². The van der Waals surface area contributed by atoms with Crippen LogP contribution in [-0.2, 0) is 0 Å². The molecular formula is C17H25NO3. The number of hydrogen-bond acceptors (Lipinski definition) is 4. The molecule has 0 fully saturated rings. The number of allylic oxidation sites excluding steroid dienone is 1. The van der Waals surface area contributed by atoms with Crippen molar-refractivity contribution in [1.82, 2.24) is 0 Å². The van der Waals surface area contributed by atoms with E-state index in [9.17, 15) is 5.11 Å². The van der Waals surface area contributed by atoms with Gasteiger partial charge < -0.3 is 15.1 Å². The van der Waals surface area contributed by atoms with Gasteiger partial charge in [-0.05, 0) is 50.7 Å². The van der Waals surface area contributed by atoms with Crippen LogP contribution in [-0.4, -0.2) is 28.7 Å². The van der Waals surface area contributed by atoms with Crippen molar-refractivity contribution in [3.8, 4) is 5.75 Å². The van der Waals surface area contributed by atoms with E-state index in [-0.39, 0.29) is 6.61 Å². The first-order valence-electron chi connectivity index (χ1n) is 7.43. The van der Waals surface area contributed by atoms with Crippen molar-refractivity contribution in [1.29, 1.82) is 0 Å². The molecule has 0 aliphatic carbocycles. The highest BCUT2D eigenvalue weighted by Gasteiger charge is 2.08. The SMILES string of the molecule is C=CCCCC/C(CCC(O)COc1ccccc1)=N\O. The van der Waals surface area contributed by atoms with Gasteiger partial charge in [0.1, 0.15) is 12.4 Å². The second-order valence-corrected chi connectivity index (χ2v) is 5.02. The van der Waals surface area contributed by atoms with Crippen LogP contribution in [0.2, 0.25) is 0 Å². The summed E-state index contributed by atoms with van der Waals surface area (Å²) in [5.74, 6) is 0.747. The van der Waals surface area contributed by atoms with Crippen molar-refractivity contribution < 1.29 is 15.1 Å². The van der Waals surface area contributed by atoms with Crippen LogP contribution >= 0.6 is 0 Å². The predicted molar refractivity (Wildman–Crippen MR) is 85.1 cm³/mol. The lowest BCUT2D eigenvalue weighted by atomic mass is 10.0. The fraction of sp³-hybridized carbons (Fsp3) is 0.471. The minimum atomic E-state index is -0.560. The number of unbranched alkanes of at least 4 members (excludes halogenated alkanes) is 2. The van der Waals surface area contributed by atoms with Gasteiger partial charge in [0, 0.05) is 0 Å². The first-order valence-corrected chi connectivity index (χ1v) is 7.43. The van der Waals surface area contributed by atoms with Gasteiger partial charge >= 0.3 is 0 Å². The fourth-order valence-corrected chi connectivity index (χ4v) is 1.97. The molecule has 0 aliphatic rings. The first-order chi connectivity index (χ1) is 10.3. The number of aliphatic hydroxyl groups excluding tert-OH is 1. The molecule has 1 aromatic rings. The Labute approximate surface area is 126 Å². The molecule has 2 N–H and O–H groups in total. The van der Waals surface area contributed by atoms with E-state index in [2.05, 4.69) is 11.7 Å². The third-order valence-corrected chi connectivity index (χ3v) is 3.22. The van der Waals surface area contributed by atoms with Crippen molar-refractivity contribution in [3.63, 3.8) is 0 Å². The van der Waals surface area contributed by atoms with Gasteiger partial charge in [-0.2, -0.15) is 0 Å². The summed E-state index contributed by atoms with van der Waals surface area (Å²) in [6.07, 6.45) is 6.21. The Balaban J connectivity index is 2.18. The first kappa shape index (κ1) is 17.2. The van der Waals surface area contributed by atoms with Crippen LogP contribution < -0.4 is 4.74 Å². The summed E-state index contributed by atoms with van der Waals surface area (Å²) in [5.41, 5.74) is 0.734. The largest absolute Gasteiger partial charge is 0.491 e. The van der Waals surface area contributed by atoms with Gasteiger partial charge in [-0.15, -0.1) is 6.58 Å². The van der Waals surface area contributed by atoms with Crippen molar-refractivity contribution in [3.05, 3.63) is 43.0 Å². The number of oxime groups is 1. The summed E-state index contributed by atoms with van der Waals surface area (Å²) >= 11 is 0. The van der Waals surface area contributed by atoms with Crippen molar-refractivity contribution >= 4 is 5.71 Å². The second kappa shape index (κ2) is 10.9. The molecule has 0 amide bonds. The smallest absolute Gasteiger partial charge is 0.119 e. The second-order valence-electron chi connectivity index (χ2n) is 5.02. The minimum absolute atomic E-state index is 0.249. The Morgan fingerprint density at radius 1 is 1.24 bits per heavy atom. The normalized spacial score (nSPS) is 12.9. The van der Waals surface area contributed by atoms with E-state index >= 15 is 0 Å². The Morgan fingerprint density at radius 3 is 2.67 bits per heavy atom. The number of benzene rings is 1. The van der Waals surface area contributed by atoms with Gasteiger partial charge in [0.05, 0.1) is 11.8 Å². The number of hydrogen-bond donors (Lipinski definition) is 2. The summed E-state index contributed by atoms with van der Waals surface area (Å²) in [7, 11) is 0. The van der Waals surface area contributed by atoms with E-state index in [4.69, 9.17) is 9.94 Å². The van der Waals surface area contributed by atoms with E-state index in [1.54, 1.807) is 0 Å². The molecule has 0 saturated carbocycles. The van der Waals surface area contributed by atoms with Crippen LogP contribution in [0.4, 0.5) is 0 Å². The monoisotopic (exact) mass is 291 g/mol. The molecule has 1 atom stereocenters. The topological polar surface area (TPSA) is 62.0 Å². The third kappa shape index (κ3) is 8.15. The Bertz CT molecular complexity index is 417. The quantitative estimate of drug-likeness (QED) is 0.214. The van der Waals surface area contributed by atoms with Crippen LogP contribution in [0.15, 0.2) is 48.1 Å². The molecule has 1 aromatic carbocycles. The molecule has 116 valence electrons. The molecule has 0 spiro atoms. The molecule has 0 radical (unpaired) electrons. The number of ether oxygens (including phenoxy) is 1. The van der Waals surface area contributed by atoms with Gasteiger partial charge in [-0.1, -0.05) is 29.4 Å². The molecule has 0 saturated heterocycles. The maximum atomic E-state index is 9.89. The van der Waals surface area contributed by atoms with E-state index in [1.807, 2.05) is 36.4 Å². The molecule has 1 rings (SSSR count). The number of aliphatic hydroxyl groups is 1. The molecule has 1 unspecified atom stereocenters. The Hall–Kier alpha value is -1.81. The summed E-state index contributed by atoms with van der Waals surface area (Å²) in [4.78, 5) is 0. The van der Waals surface area contributed by atoms with Crippen molar-refractivity contribution in [2.75, 3.05) is 6.61 Å². The molecule has 0 aliphatic heterocycles. The van der Waals surface area contributed by atoms with E-state index in [0.29, 0.717) is 12.8 Å². The van der Waals surface area contributed by atoms with Gasteiger partial charge in [-0.3, -0.25) is 0 Å². The number of nitrogens with zero attached hydrogens (tertiary/aromatic N) is 1. The molecule has 0 aromatic heterocycles. The van der Waals surface area contributed by atoms with Crippen molar-refractivity contribution in [2.45, 2.75) is 44.6 Å². The Kier molecular flexibility index (Phi) is 8.96. The molecular weight excluding hydrogens is 266 g/mol. The van der Waals surface area contributed by atoms with Crippen LogP contribution in [0.3, 0.4) is 0 Å². The molecule has 0 bridgehead atoms. The minimum Gasteiger partial charge on any atom is -0.491 e. The molecule has 4 nitrogen and oxygen atoms in total. The van der Waals surface area contributed by atoms with Gasteiger partial charge in [0.2, 0.25) is 0 Å². The van der Waals surface area contributed by atoms with E-state index < -0.39 is 6.10 Å². The maximum Gasteiger partial charge on any atom is 0.119 e. The highest BCUT2D eigenvalue weighted by molar-refractivity contribution is 5.83. The lowest BCUT2D eigenvalue weighted by molar-refractivity contribution is 0.101. The van der Waals surface area contributed by atoms with E-state index in [0.717, 1.165) is 37.1 Å². The van der Waals surface area contributed by atoms with Crippen LogP contribution in [0.25, 0.3) is 0 Å². The van der Waals surface area contributed by atoms with Crippen molar-refractivity contribution in [2.24, 2.45) is 5.16 Å². The average molecular weight is 291 g/mol. The molecule has 21 heavy (non-hydrogen) atoms. The van der Waals surface area contributed by atoms with Gasteiger partial charge in [0.25, 0.3) is 0 Å². The highest BCUT2D eigenvalue weighted by atomic mass is 16.5. The summed E-state index contributed by atoms with van der Waals surface area (Å²) in [6, 6.07) is 9.41. The lowest BCUT2D eigenvalue weighted by Gasteiger charge is -2.12. The molecule has 4 heteroatoms. The number of rotatable bonds is 11. The number of para-hydroxylation sites is 1. The maximum absolute atomic E-state index is 9.89. The zero-order chi connectivity index (χ0) is 15.3. The summed E-state index contributed by atoms with van der Waals surface area (Å²) in [5, 5.41) is 22.2. The van der Waals surface area contributed by atoms with Gasteiger partial charge in [0.15, 0.2) is 0 Å². The fourth-order valence-electron chi connectivity index (χ4n) is 1.97. The standard InChI is InChI=1S/C17H25NO3/c1-2-3-4-6-9-15(18-20)12-13-16(19)14-21-17-10-7-5-8-11-17/h2,5,7-8,10-11,16,19-20H,1,3-4,6,9,12-14H2/b18-15+.